The average molecular weight is 378 g/mol. The van der Waals surface area contributed by atoms with E-state index in [4.69, 9.17) is 16.6 Å². The molecule has 1 aliphatic carbocycles. The van der Waals surface area contributed by atoms with E-state index in [1.54, 1.807) is 0 Å². The largest absolute Gasteiger partial charge is 0.331 e. The Labute approximate surface area is 162 Å². The summed E-state index contributed by atoms with van der Waals surface area (Å²) in [6.45, 7) is 2.30. The third kappa shape index (κ3) is 1.99. The summed E-state index contributed by atoms with van der Waals surface area (Å²) in [5.41, 5.74) is 5.44. The lowest BCUT2D eigenvalue weighted by molar-refractivity contribution is 0.0734. The standard InChI is InChI=1S/C22H20ClN3O/c1-11-8-15(11)13-4-3-5-14-20(13)18-10-19(25(2)22(14)27)21-24-16-7-6-12(23)9-17(16)26(18)21/h3-7,9,11,15,18-19H,8,10H2,1-2H3/t11-,15-,18+,19+/m0/s1. The molecular formula is C22H20ClN3O. The first kappa shape index (κ1) is 15.7. The van der Waals surface area contributed by atoms with Gasteiger partial charge >= 0.3 is 0 Å². The van der Waals surface area contributed by atoms with Gasteiger partial charge in [-0.05, 0) is 53.6 Å². The van der Waals surface area contributed by atoms with Gasteiger partial charge in [0.15, 0.2) is 0 Å². The molecule has 4 nitrogen and oxygen atoms in total. The molecule has 3 heterocycles. The van der Waals surface area contributed by atoms with E-state index in [-0.39, 0.29) is 18.0 Å². The Bertz CT molecular complexity index is 1130. The second kappa shape index (κ2) is 5.14. The lowest BCUT2D eigenvalue weighted by Crippen LogP contribution is -2.30. The molecule has 0 saturated heterocycles. The van der Waals surface area contributed by atoms with E-state index in [9.17, 15) is 4.79 Å². The van der Waals surface area contributed by atoms with Gasteiger partial charge in [0.2, 0.25) is 0 Å². The maximum atomic E-state index is 13.3. The molecule has 6 rings (SSSR count). The molecule has 0 spiro atoms. The number of hydrogen-bond acceptors (Lipinski definition) is 2. The maximum Gasteiger partial charge on any atom is 0.254 e. The van der Waals surface area contributed by atoms with E-state index < -0.39 is 0 Å². The Morgan fingerprint density at radius 3 is 2.74 bits per heavy atom. The summed E-state index contributed by atoms with van der Waals surface area (Å²) in [4.78, 5) is 20.0. The van der Waals surface area contributed by atoms with Crippen molar-refractivity contribution in [2.45, 2.75) is 37.8 Å². The average Bonchev–Trinajstić information content (AvgIpc) is 3.15. The smallest absolute Gasteiger partial charge is 0.254 e. The van der Waals surface area contributed by atoms with Gasteiger partial charge in [-0.1, -0.05) is 30.7 Å². The summed E-state index contributed by atoms with van der Waals surface area (Å²) in [5, 5.41) is 0.721. The van der Waals surface area contributed by atoms with Crippen LogP contribution in [0.4, 0.5) is 0 Å². The van der Waals surface area contributed by atoms with Gasteiger partial charge in [-0.25, -0.2) is 4.98 Å². The molecule has 0 N–H and O–H groups in total. The zero-order chi connectivity index (χ0) is 18.4. The van der Waals surface area contributed by atoms with E-state index in [1.807, 2.05) is 42.3 Å². The van der Waals surface area contributed by atoms with Crippen molar-refractivity contribution in [3.63, 3.8) is 0 Å². The predicted molar refractivity (Wildman–Crippen MR) is 105 cm³/mol. The molecule has 1 fully saturated rings. The summed E-state index contributed by atoms with van der Waals surface area (Å²) in [5.74, 6) is 2.36. The molecule has 2 aromatic carbocycles. The number of halogens is 1. The third-order valence-electron chi connectivity index (χ3n) is 6.74. The van der Waals surface area contributed by atoms with Crippen molar-refractivity contribution in [1.29, 1.82) is 0 Å². The molecule has 136 valence electrons. The molecule has 0 unspecified atom stereocenters. The molecule has 3 aliphatic rings. The summed E-state index contributed by atoms with van der Waals surface area (Å²) < 4.78 is 2.34. The van der Waals surface area contributed by atoms with Crippen molar-refractivity contribution in [3.05, 3.63) is 63.9 Å². The van der Waals surface area contributed by atoms with Crippen LogP contribution in [0.25, 0.3) is 11.0 Å². The summed E-state index contributed by atoms with van der Waals surface area (Å²) >= 11 is 6.31. The number of aromatic nitrogens is 2. The van der Waals surface area contributed by atoms with Crippen LogP contribution in [0.1, 0.15) is 65.1 Å². The van der Waals surface area contributed by atoms with Crippen molar-refractivity contribution in [1.82, 2.24) is 14.5 Å². The van der Waals surface area contributed by atoms with Crippen LogP contribution in [0, 0.1) is 5.92 Å². The van der Waals surface area contributed by atoms with Crippen LogP contribution >= 0.6 is 11.6 Å². The Kier molecular flexibility index (Phi) is 2.99. The van der Waals surface area contributed by atoms with Crippen molar-refractivity contribution in [3.8, 4) is 0 Å². The first-order chi connectivity index (χ1) is 13.0. The number of imidazole rings is 1. The summed E-state index contributed by atoms with van der Waals surface area (Å²) in [7, 11) is 1.91. The molecule has 0 radical (unpaired) electrons. The van der Waals surface area contributed by atoms with Gasteiger partial charge in [-0.2, -0.15) is 0 Å². The molecule has 2 aliphatic heterocycles. The Morgan fingerprint density at radius 1 is 1.15 bits per heavy atom. The molecule has 2 bridgehead atoms. The molecule has 27 heavy (non-hydrogen) atoms. The van der Waals surface area contributed by atoms with Gasteiger partial charge in [0.25, 0.3) is 5.91 Å². The van der Waals surface area contributed by atoms with Crippen LogP contribution in [-0.2, 0) is 0 Å². The molecule has 1 saturated carbocycles. The Hall–Kier alpha value is -2.33. The zero-order valence-corrected chi connectivity index (χ0v) is 16.1. The van der Waals surface area contributed by atoms with Crippen molar-refractivity contribution in [2.24, 2.45) is 5.92 Å². The number of carbonyl (C=O) groups excluding carboxylic acids is 1. The normalized spacial score (nSPS) is 28.3. The van der Waals surface area contributed by atoms with Crippen molar-refractivity contribution < 1.29 is 4.79 Å². The van der Waals surface area contributed by atoms with Gasteiger partial charge in [-0.15, -0.1) is 0 Å². The van der Waals surface area contributed by atoms with Crippen molar-refractivity contribution >= 4 is 28.5 Å². The molecule has 1 aromatic heterocycles. The summed E-state index contributed by atoms with van der Waals surface area (Å²) in [6.07, 6.45) is 2.10. The minimum atomic E-state index is 0.00514. The van der Waals surface area contributed by atoms with E-state index >= 15 is 0 Å². The Morgan fingerprint density at radius 2 is 1.96 bits per heavy atom. The van der Waals surface area contributed by atoms with Crippen LogP contribution in [0.3, 0.4) is 0 Å². The number of rotatable bonds is 1. The monoisotopic (exact) mass is 377 g/mol. The fourth-order valence-electron chi connectivity index (χ4n) is 5.20. The second-order valence-corrected chi connectivity index (χ2v) is 8.72. The fourth-order valence-corrected chi connectivity index (χ4v) is 5.37. The van der Waals surface area contributed by atoms with Crippen LogP contribution in [0.15, 0.2) is 36.4 Å². The minimum Gasteiger partial charge on any atom is -0.331 e. The van der Waals surface area contributed by atoms with Gasteiger partial charge < -0.3 is 9.47 Å². The van der Waals surface area contributed by atoms with Crippen LogP contribution < -0.4 is 0 Å². The van der Waals surface area contributed by atoms with E-state index in [1.165, 1.54) is 17.5 Å². The minimum absolute atomic E-state index is 0.00514. The number of benzene rings is 2. The second-order valence-electron chi connectivity index (χ2n) is 8.28. The number of nitrogens with zero attached hydrogens (tertiary/aromatic N) is 3. The van der Waals surface area contributed by atoms with Gasteiger partial charge in [0, 0.05) is 24.1 Å². The highest BCUT2D eigenvalue weighted by atomic mass is 35.5. The quantitative estimate of drug-likeness (QED) is 0.602. The zero-order valence-electron chi connectivity index (χ0n) is 15.3. The predicted octanol–water partition coefficient (Wildman–Crippen LogP) is 4.93. The molecule has 3 aromatic rings. The SMILES string of the molecule is C[C@H]1C[C@@H]1c1cccc2c1[C@H]1C[C@H](c3nc4ccc(Cl)cc4n31)N(C)C2=O. The molecule has 4 atom stereocenters. The van der Waals surface area contributed by atoms with Crippen LogP contribution in [-0.4, -0.2) is 27.4 Å². The highest BCUT2D eigenvalue weighted by Crippen LogP contribution is 2.54. The number of amides is 1. The highest BCUT2D eigenvalue weighted by molar-refractivity contribution is 6.31. The number of fused-ring (bicyclic) bond motifs is 9. The fraction of sp³-hybridized carbons (Fsp3) is 0.364. The topological polar surface area (TPSA) is 38.1 Å². The van der Waals surface area contributed by atoms with Crippen molar-refractivity contribution in [2.75, 3.05) is 7.05 Å². The highest BCUT2D eigenvalue weighted by Gasteiger charge is 2.46. The lowest BCUT2D eigenvalue weighted by atomic mass is 9.90. The third-order valence-corrected chi connectivity index (χ3v) is 6.97. The first-order valence-electron chi connectivity index (χ1n) is 9.62. The molecular weight excluding hydrogens is 358 g/mol. The Balaban J connectivity index is 1.68. The lowest BCUT2D eigenvalue weighted by Gasteiger charge is -2.25. The van der Waals surface area contributed by atoms with Gasteiger partial charge in [0.1, 0.15) is 5.82 Å². The van der Waals surface area contributed by atoms with Crippen LogP contribution in [0.2, 0.25) is 5.02 Å². The molecule has 5 heteroatoms. The number of carbonyl (C=O) groups is 1. The number of hydrogen-bond donors (Lipinski definition) is 0. The van der Waals surface area contributed by atoms with E-state index in [0.717, 1.165) is 33.9 Å². The van der Waals surface area contributed by atoms with E-state index in [2.05, 4.69) is 17.6 Å². The maximum absolute atomic E-state index is 13.3. The van der Waals surface area contributed by atoms with Gasteiger partial charge in [0.05, 0.1) is 23.1 Å². The van der Waals surface area contributed by atoms with Crippen LogP contribution in [0.5, 0.6) is 0 Å². The molecule has 1 amide bonds. The van der Waals surface area contributed by atoms with Gasteiger partial charge in [-0.3, -0.25) is 4.79 Å². The first-order valence-corrected chi connectivity index (χ1v) is 9.99. The summed E-state index contributed by atoms with van der Waals surface area (Å²) in [6, 6.07) is 12.3. The van der Waals surface area contributed by atoms with E-state index in [0.29, 0.717) is 11.8 Å².